The van der Waals surface area contributed by atoms with E-state index in [0.29, 0.717) is 6.04 Å². The minimum atomic E-state index is 0.469. The Kier molecular flexibility index (Phi) is 4.22. The number of hydrogen-bond donors (Lipinski definition) is 2. The Hall–Kier alpha value is -2.92. The number of fused-ring (bicyclic) bond motifs is 2. The van der Waals surface area contributed by atoms with Crippen LogP contribution < -0.4 is 10.6 Å². The summed E-state index contributed by atoms with van der Waals surface area (Å²) in [5, 5.41) is 8.33. The molecule has 2 aromatic heterocycles. The highest BCUT2D eigenvalue weighted by molar-refractivity contribution is 5.83. The van der Waals surface area contributed by atoms with Gasteiger partial charge < -0.3 is 15.2 Å². The molecule has 5 rings (SSSR count). The fraction of sp³-hybridized carbons (Fsp3) is 0.273. The van der Waals surface area contributed by atoms with Crippen molar-refractivity contribution in [2.24, 2.45) is 0 Å². The molecule has 0 spiro atoms. The average molecular weight is 357 g/mol. The number of aromatic nitrogens is 3. The average Bonchev–Trinajstić information content (AvgIpc) is 3.06. The predicted molar refractivity (Wildman–Crippen MR) is 110 cm³/mol. The predicted octanol–water partition coefficient (Wildman–Crippen LogP) is 3.80. The lowest BCUT2D eigenvalue weighted by atomic mass is 10.1. The molecule has 1 fully saturated rings. The zero-order chi connectivity index (χ0) is 18.1. The van der Waals surface area contributed by atoms with Gasteiger partial charge in [-0.3, -0.25) is 4.98 Å². The molecule has 2 aromatic carbocycles. The Labute approximate surface area is 158 Å². The van der Waals surface area contributed by atoms with E-state index in [2.05, 4.69) is 68.7 Å². The van der Waals surface area contributed by atoms with E-state index in [1.807, 2.05) is 12.3 Å². The van der Waals surface area contributed by atoms with E-state index in [0.717, 1.165) is 55.0 Å². The molecule has 5 nitrogen and oxygen atoms in total. The number of pyridine rings is 1. The van der Waals surface area contributed by atoms with E-state index < -0.39 is 0 Å². The first kappa shape index (κ1) is 16.3. The van der Waals surface area contributed by atoms with Gasteiger partial charge in [-0.2, -0.15) is 0 Å². The lowest BCUT2D eigenvalue weighted by molar-refractivity contribution is 0.476. The molecule has 1 saturated heterocycles. The smallest absolute Gasteiger partial charge is 0.204 e. The number of benzene rings is 2. The van der Waals surface area contributed by atoms with E-state index in [-0.39, 0.29) is 0 Å². The summed E-state index contributed by atoms with van der Waals surface area (Å²) >= 11 is 0. The summed E-state index contributed by atoms with van der Waals surface area (Å²) in [6.45, 7) is 2.90. The van der Waals surface area contributed by atoms with Gasteiger partial charge in [0.2, 0.25) is 5.95 Å². The molecule has 0 radical (unpaired) electrons. The molecule has 1 aliphatic heterocycles. The van der Waals surface area contributed by atoms with Gasteiger partial charge >= 0.3 is 0 Å². The molecule has 0 unspecified atom stereocenters. The fourth-order valence-corrected chi connectivity index (χ4v) is 3.96. The normalized spacial score (nSPS) is 15.4. The van der Waals surface area contributed by atoms with E-state index in [1.54, 1.807) is 0 Å². The fourth-order valence-electron chi connectivity index (χ4n) is 3.96. The molecule has 3 heterocycles. The topological polar surface area (TPSA) is 54.8 Å². The second kappa shape index (κ2) is 7.00. The maximum atomic E-state index is 4.90. The van der Waals surface area contributed by atoms with Gasteiger partial charge in [0.15, 0.2) is 0 Å². The third-order valence-corrected chi connectivity index (χ3v) is 5.39. The monoisotopic (exact) mass is 357 g/mol. The minimum absolute atomic E-state index is 0.469. The second-order valence-corrected chi connectivity index (χ2v) is 7.17. The van der Waals surface area contributed by atoms with Crippen molar-refractivity contribution in [1.29, 1.82) is 0 Å². The van der Waals surface area contributed by atoms with E-state index >= 15 is 0 Å². The molecule has 0 bridgehead atoms. The van der Waals surface area contributed by atoms with E-state index in [1.165, 1.54) is 10.9 Å². The first-order chi connectivity index (χ1) is 13.4. The van der Waals surface area contributed by atoms with Crippen LogP contribution in [0.5, 0.6) is 0 Å². The molecule has 0 saturated carbocycles. The van der Waals surface area contributed by atoms with Crippen molar-refractivity contribution in [3.05, 3.63) is 66.4 Å². The van der Waals surface area contributed by atoms with Gasteiger partial charge in [0, 0.05) is 17.6 Å². The summed E-state index contributed by atoms with van der Waals surface area (Å²) < 4.78 is 2.30. The maximum Gasteiger partial charge on any atom is 0.204 e. The van der Waals surface area contributed by atoms with Crippen molar-refractivity contribution < 1.29 is 0 Å². The van der Waals surface area contributed by atoms with Gasteiger partial charge in [0.1, 0.15) is 0 Å². The number of rotatable bonds is 4. The molecule has 27 heavy (non-hydrogen) atoms. The third kappa shape index (κ3) is 3.15. The number of imidazole rings is 1. The van der Waals surface area contributed by atoms with Crippen LogP contribution in [0.4, 0.5) is 5.95 Å². The second-order valence-electron chi connectivity index (χ2n) is 7.17. The number of nitrogens with one attached hydrogen (secondary N) is 2. The minimum Gasteiger partial charge on any atom is -0.353 e. The van der Waals surface area contributed by atoms with Crippen LogP contribution in [0.3, 0.4) is 0 Å². The molecular formula is C22H23N5. The van der Waals surface area contributed by atoms with Crippen LogP contribution in [0.1, 0.15) is 18.4 Å². The first-order valence-corrected chi connectivity index (χ1v) is 9.64. The molecule has 1 aliphatic rings. The van der Waals surface area contributed by atoms with Gasteiger partial charge in [-0.05, 0) is 55.8 Å². The molecule has 136 valence electrons. The van der Waals surface area contributed by atoms with Gasteiger partial charge in [0.25, 0.3) is 0 Å². The van der Waals surface area contributed by atoms with Crippen molar-refractivity contribution in [3.63, 3.8) is 0 Å². The number of hydrogen-bond acceptors (Lipinski definition) is 4. The maximum absolute atomic E-state index is 4.90. The number of piperidine rings is 1. The summed E-state index contributed by atoms with van der Waals surface area (Å²) in [6.07, 6.45) is 4.15. The van der Waals surface area contributed by atoms with Gasteiger partial charge in [-0.1, -0.05) is 30.3 Å². The molecular weight excluding hydrogens is 334 g/mol. The molecule has 0 atom stereocenters. The van der Waals surface area contributed by atoms with Crippen LogP contribution in [-0.2, 0) is 6.54 Å². The summed E-state index contributed by atoms with van der Waals surface area (Å²) in [5.41, 5.74) is 4.49. The van der Waals surface area contributed by atoms with Crippen molar-refractivity contribution in [2.75, 3.05) is 18.4 Å². The lowest BCUT2D eigenvalue weighted by Gasteiger charge is -2.24. The number of nitrogens with zero attached hydrogens (tertiary/aromatic N) is 3. The quantitative estimate of drug-likeness (QED) is 0.583. The Morgan fingerprint density at radius 1 is 0.963 bits per heavy atom. The molecule has 4 aromatic rings. The number of anilines is 1. The Bertz CT molecular complexity index is 1070. The molecule has 5 heteroatoms. The summed E-state index contributed by atoms with van der Waals surface area (Å²) in [4.78, 5) is 9.40. The van der Waals surface area contributed by atoms with Crippen LogP contribution in [0.25, 0.3) is 21.9 Å². The molecule has 0 aliphatic carbocycles. The highest BCUT2D eigenvalue weighted by Crippen LogP contribution is 2.25. The van der Waals surface area contributed by atoms with Crippen molar-refractivity contribution in [3.8, 4) is 0 Å². The third-order valence-electron chi connectivity index (χ3n) is 5.39. The Morgan fingerprint density at radius 2 is 1.74 bits per heavy atom. The highest BCUT2D eigenvalue weighted by atomic mass is 15.2. The SMILES string of the molecule is c1ccc2c(Cn3c(NC4CCNCC4)nc4ccccc43)ccnc2c1. The zero-order valence-corrected chi connectivity index (χ0v) is 15.2. The van der Waals surface area contributed by atoms with Crippen molar-refractivity contribution >= 4 is 27.9 Å². The largest absolute Gasteiger partial charge is 0.353 e. The van der Waals surface area contributed by atoms with Crippen LogP contribution in [0, 0.1) is 0 Å². The first-order valence-electron chi connectivity index (χ1n) is 9.64. The van der Waals surface area contributed by atoms with E-state index in [9.17, 15) is 0 Å². The van der Waals surface area contributed by atoms with Crippen LogP contribution in [0.15, 0.2) is 60.8 Å². The molecule has 2 N–H and O–H groups in total. The molecule has 0 amide bonds. The van der Waals surface area contributed by atoms with Gasteiger partial charge in [-0.25, -0.2) is 4.98 Å². The van der Waals surface area contributed by atoms with Crippen molar-refractivity contribution in [2.45, 2.75) is 25.4 Å². The number of para-hydroxylation sites is 3. The standard InChI is InChI=1S/C22H23N5/c1-2-6-19-18(5-1)16(9-14-24-19)15-27-21-8-4-3-7-20(21)26-22(27)25-17-10-12-23-13-11-17/h1-9,14,17,23H,10-13,15H2,(H,25,26). The zero-order valence-electron chi connectivity index (χ0n) is 15.2. The van der Waals surface area contributed by atoms with Crippen LogP contribution in [-0.4, -0.2) is 33.7 Å². The summed E-state index contributed by atoms with van der Waals surface area (Å²) in [7, 11) is 0. The van der Waals surface area contributed by atoms with Crippen LogP contribution in [0.2, 0.25) is 0 Å². The Morgan fingerprint density at radius 3 is 2.63 bits per heavy atom. The summed E-state index contributed by atoms with van der Waals surface area (Å²) in [5.74, 6) is 0.962. The van der Waals surface area contributed by atoms with Crippen LogP contribution >= 0.6 is 0 Å². The van der Waals surface area contributed by atoms with Crippen molar-refractivity contribution in [1.82, 2.24) is 19.9 Å². The lowest BCUT2D eigenvalue weighted by Crippen LogP contribution is -2.36. The van der Waals surface area contributed by atoms with Gasteiger partial charge in [-0.15, -0.1) is 0 Å². The summed E-state index contributed by atoms with van der Waals surface area (Å²) in [6, 6.07) is 19.3. The van der Waals surface area contributed by atoms with Gasteiger partial charge in [0.05, 0.1) is 23.1 Å². The van der Waals surface area contributed by atoms with E-state index in [4.69, 9.17) is 4.98 Å². The highest BCUT2D eigenvalue weighted by Gasteiger charge is 2.18. The Balaban J connectivity index is 1.57.